The van der Waals surface area contributed by atoms with E-state index in [9.17, 15) is 13.2 Å². The first-order chi connectivity index (χ1) is 10.8. The fraction of sp³-hybridized carbons (Fsp3) is 0.562. The van der Waals surface area contributed by atoms with E-state index in [2.05, 4.69) is 0 Å². The minimum atomic E-state index is -3.62. The van der Waals surface area contributed by atoms with Gasteiger partial charge in [0.15, 0.2) is 0 Å². The van der Waals surface area contributed by atoms with Crippen LogP contribution in [-0.2, 0) is 14.8 Å². The summed E-state index contributed by atoms with van der Waals surface area (Å²) in [6.07, 6.45) is 1.96. The third kappa shape index (κ3) is 2.77. The first-order valence-corrected chi connectivity index (χ1v) is 9.23. The molecule has 3 atom stereocenters. The SMILES string of the molecule is COC(=O)c1cc(S(=O)(=O)N2CC3CCC(N)C3C2)ccc1C. The average Bonchev–Trinajstić information content (AvgIpc) is 3.10. The fourth-order valence-electron chi connectivity index (χ4n) is 3.70. The zero-order valence-electron chi connectivity index (χ0n) is 13.4. The normalized spacial score (nSPS) is 27.9. The van der Waals surface area contributed by atoms with E-state index in [0.717, 1.165) is 12.8 Å². The maximum atomic E-state index is 12.9. The highest BCUT2D eigenvalue weighted by molar-refractivity contribution is 7.89. The number of carbonyl (C=O) groups is 1. The molecule has 6 nitrogen and oxygen atoms in total. The minimum absolute atomic E-state index is 0.0869. The number of fused-ring (bicyclic) bond motifs is 1. The van der Waals surface area contributed by atoms with Gasteiger partial charge in [0.25, 0.3) is 0 Å². The van der Waals surface area contributed by atoms with Crippen molar-refractivity contribution in [3.8, 4) is 0 Å². The van der Waals surface area contributed by atoms with Crippen molar-refractivity contribution in [3.63, 3.8) is 0 Å². The maximum absolute atomic E-state index is 12.9. The molecular formula is C16H22N2O4S. The van der Waals surface area contributed by atoms with Gasteiger partial charge >= 0.3 is 5.97 Å². The number of nitrogens with two attached hydrogens (primary N) is 1. The Hall–Kier alpha value is -1.44. The molecule has 0 radical (unpaired) electrons. The number of nitrogens with zero attached hydrogens (tertiary/aromatic N) is 1. The van der Waals surface area contributed by atoms with Gasteiger partial charge in [-0.05, 0) is 49.3 Å². The number of benzene rings is 1. The van der Waals surface area contributed by atoms with E-state index in [4.69, 9.17) is 10.5 Å². The largest absolute Gasteiger partial charge is 0.465 e. The summed E-state index contributed by atoms with van der Waals surface area (Å²) in [7, 11) is -2.33. The molecule has 1 saturated carbocycles. The summed E-state index contributed by atoms with van der Waals surface area (Å²) >= 11 is 0. The number of aryl methyl sites for hydroxylation is 1. The molecule has 1 aromatic carbocycles. The summed E-state index contributed by atoms with van der Waals surface area (Å²) < 4.78 is 32.0. The van der Waals surface area contributed by atoms with E-state index in [1.165, 1.54) is 17.5 Å². The van der Waals surface area contributed by atoms with E-state index in [0.29, 0.717) is 24.6 Å². The first-order valence-electron chi connectivity index (χ1n) is 7.79. The van der Waals surface area contributed by atoms with Crippen LogP contribution in [0.15, 0.2) is 23.1 Å². The fourth-order valence-corrected chi connectivity index (χ4v) is 5.26. The third-order valence-corrected chi connectivity index (χ3v) is 6.96. The van der Waals surface area contributed by atoms with Crippen molar-refractivity contribution in [2.75, 3.05) is 20.2 Å². The molecule has 0 amide bonds. The summed E-state index contributed by atoms with van der Waals surface area (Å²) in [6.45, 7) is 2.74. The number of ether oxygens (including phenoxy) is 1. The molecule has 126 valence electrons. The van der Waals surface area contributed by atoms with Crippen LogP contribution in [-0.4, -0.2) is 44.9 Å². The predicted octanol–water partition coefficient (Wildman–Crippen LogP) is 1.14. The van der Waals surface area contributed by atoms with E-state index in [1.807, 2.05) is 0 Å². The maximum Gasteiger partial charge on any atom is 0.338 e. The lowest BCUT2D eigenvalue weighted by Gasteiger charge is -2.19. The van der Waals surface area contributed by atoms with Gasteiger partial charge in [-0.1, -0.05) is 6.07 Å². The van der Waals surface area contributed by atoms with Crippen LogP contribution in [0.4, 0.5) is 0 Å². The lowest BCUT2D eigenvalue weighted by molar-refractivity contribution is 0.0599. The van der Waals surface area contributed by atoms with Crippen LogP contribution >= 0.6 is 0 Å². The van der Waals surface area contributed by atoms with Crippen LogP contribution < -0.4 is 5.73 Å². The Labute approximate surface area is 136 Å². The Kier molecular flexibility index (Phi) is 4.20. The zero-order chi connectivity index (χ0) is 16.8. The molecule has 23 heavy (non-hydrogen) atoms. The highest BCUT2D eigenvalue weighted by Crippen LogP contribution is 2.39. The molecule has 3 rings (SSSR count). The van der Waals surface area contributed by atoms with Crippen molar-refractivity contribution >= 4 is 16.0 Å². The van der Waals surface area contributed by atoms with Crippen LogP contribution in [0.5, 0.6) is 0 Å². The van der Waals surface area contributed by atoms with E-state index in [1.54, 1.807) is 19.1 Å². The molecule has 1 aliphatic heterocycles. The van der Waals surface area contributed by atoms with Crippen molar-refractivity contribution in [2.24, 2.45) is 17.6 Å². The molecule has 1 aliphatic carbocycles. The quantitative estimate of drug-likeness (QED) is 0.835. The first kappa shape index (κ1) is 16.4. The number of methoxy groups -OCH3 is 1. The molecule has 0 aromatic heterocycles. The minimum Gasteiger partial charge on any atom is -0.465 e. The van der Waals surface area contributed by atoms with E-state index < -0.39 is 16.0 Å². The number of hydrogen-bond donors (Lipinski definition) is 1. The van der Waals surface area contributed by atoms with Crippen LogP contribution in [0.3, 0.4) is 0 Å². The lowest BCUT2D eigenvalue weighted by atomic mass is 9.98. The summed E-state index contributed by atoms with van der Waals surface area (Å²) in [5.41, 5.74) is 7.06. The number of esters is 1. The highest BCUT2D eigenvalue weighted by atomic mass is 32.2. The molecule has 1 saturated heterocycles. The van der Waals surface area contributed by atoms with Gasteiger partial charge in [-0.3, -0.25) is 0 Å². The average molecular weight is 338 g/mol. The van der Waals surface area contributed by atoms with Crippen LogP contribution in [0.1, 0.15) is 28.8 Å². The van der Waals surface area contributed by atoms with Crippen molar-refractivity contribution < 1.29 is 17.9 Å². The second-order valence-corrected chi connectivity index (χ2v) is 8.39. The summed E-state index contributed by atoms with van der Waals surface area (Å²) in [6, 6.07) is 4.68. The highest BCUT2D eigenvalue weighted by Gasteiger charge is 2.45. The van der Waals surface area contributed by atoms with Crippen LogP contribution in [0.25, 0.3) is 0 Å². The van der Waals surface area contributed by atoms with Crippen molar-refractivity contribution in [3.05, 3.63) is 29.3 Å². The summed E-state index contributed by atoms with van der Waals surface area (Å²) in [4.78, 5) is 11.9. The molecule has 1 aromatic rings. The molecule has 7 heteroatoms. The van der Waals surface area contributed by atoms with Gasteiger partial charge < -0.3 is 10.5 Å². The second-order valence-electron chi connectivity index (χ2n) is 6.46. The molecule has 2 fully saturated rings. The Balaban J connectivity index is 1.90. The molecule has 2 aliphatic rings. The smallest absolute Gasteiger partial charge is 0.338 e. The summed E-state index contributed by atoms with van der Waals surface area (Å²) in [5, 5.41) is 0. The molecular weight excluding hydrogens is 316 g/mol. The number of rotatable bonds is 3. The van der Waals surface area contributed by atoms with Crippen molar-refractivity contribution in [2.45, 2.75) is 30.7 Å². The van der Waals surface area contributed by atoms with Crippen molar-refractivity contribution in [1.29, 1.82) is 0 Å². The van der Waals surface area contributed by atoms with Gasteiger partial charge in [-0.15, -0.1) is 0 Å². The van der Waals surface area contributed by atoms with Crippen LogP contribution in [0.2, 0.25) is 0 Å². The van der Waals surface area contributed by atoms with Gasteiger partial charge in [0.05, 0.1) is 17.6 Å². The van der Waals surface area contributed by atoms with Gasteiger partial charge in [-0.2, -0.15) is 4.31 Å². The monoisotopic (exact) mass is 338 g/mol. The predicted molar refractivity (Wildman–Crippen MR) is 85.5 cm³/mol. The molecule has 0 bridgehead atoms. The second kappa shape index (κ2) is 5.89. The molecule has 2 N–H and O–H groups in total. The molecule has 3 unspecified atom stereocenters. The summed E-state index contributed by atoms with van der Waals surface area (Å²) in [5.74, 6) is 0.0699. The Morgan fingerprint density at radius 3 is 2.70 bits per heavy atom. The zero-order valence-corrected chi connectivity index (χ0v) is 14.2. The van der Waals surface area contributed by atoms with Gasteiger partial charge in [-0.25, -0.2) is 13.2 Å². The molecule has 0 spiro atoms. The van der Waals surface area contributed by atoms with Crippen molar-refractivity contribution in [1.82, 2.24) is 4.31 Å². The lowest BCUT2D eigenvalue weighted by Crippen LogP contribution is -2.33. The van der Waals surface area contributed by atoms with E-state index >= 15 is 0 Å². The third-order valence-electron chi connectivity index (χ3n) is 5.13. The van der Waals surface area contributed by atoms with E-state index in [-0.39, 0.29) is 22.4 Å². The number of carbonyl (C=O) groups excluding carboxylic acids is 1. The number of hydrogen-bond acceptors (Lipinski definition) is 5. The van der Waals surface area contributed by atoms with Gasteiger partial charge in [0.2, 0.25) is 10.0 Å². The molecule has 1 heterocycles. The Morgan fingerprint density at radius 2 is 2.04 bits per heavy atom. The number of sulfonamides is 1. The topological polar surface area (TPSA) is 89.7 Å². The standard InChI is InChI=1S/C16H22N2O4S/c1-10-3-5-12(7-13(10)16(19)22-2)23(20,21)18-8-11-4-6-15(17)14(11)9-18/h3,5,7,11,14-15H,4,6,8-9,17H2,1-2H3. The Morgan fingerprint density at radius 1 is 1.30 bits per heavy atom. The van der Waals surface area contributed by atoms with Crippen LogP contribution in [0, 0.1) is 18.8 Å². The van der Waals surface area contributed by atoms with Gasteiger partial charge in [0, 0.05) is 19.1 Å². The van der Waals surface area contributed by atoms with Gasteiger partial charge in [0.1, 0.15) is 0 Å². The Bertz CT molecular complexity index is 732.